The topological polar surface area (TPSA) is 43.2 Å². The zero-order valence-electron chi connectivity index (χ0n) is 22.4. The summed E-state index contributed by atoms with van der Waals surface area (Å²) in [5.41, 5.74) is 5.87. The molecule has 0 amide bonds. The van der Waals surface area contributed by atoms with E-state index in [1.54, 1.807) is 14.2 Å². The molecule has 0 fully saturated rings. The van der Waals surface area contributed by atoms with Gasteiger partial charge in [0.05, 0.1) is 25.6 Å². The van der Waals surface area contributed by atoms with E-state index in [1.807, 2.05) is 61.0 Å². The smallest absolute Gasteiger partial charge is 0.118 e. The van der Waals surface area contributed by atoms with E-state index in [9.17, 15) is 0 Å². The van der Waals surface area contributed by atoms with Gasteiger partial charge in [0.2, 0.25) is 0 Å². The lowest BCUT2D eigenvalue weighted by atomic mass is 9.91. The highest BCUT2D eigenvalue weighted by atomic mass is 16.5. The molecule has 194 valence electrons. The first-order valence-electron chi connectivity index (χ1n) is 13.1. The third-order valence-electron chi connectivity index (χ3n) is 7.00. The van der Waals surface area contributed by atoms with Crippen molar-refractivity contribution < 1.29 is 9.47 Å². The Hall–Kier alpha value is -5.22. The van der Waals surface area contributed by atoms with Gasteiger partial charge in [0.25, 0.3) is 0 Å². The molecule has 4 heteroatoms. The molecule has 0 aliphatic carbocycles. The molecule has 0 atom stereocenters. The summed E-state index contributed by atoms with van der Waals surface area (Å²) in [4.78, 5) is 10.0. The Bertz CT molecular complexity index is 1720. The van der Waals surface area contributed by atoms with Crippen LogP contribution in [0.2, 0.25) is 0 Å². The Kier molecular flexibility index (Phi) is 7.06. The molecule has 6 rings (SSSR count). The van der Waals surface area contributed by atoms with E-state index >= 15 is 0 Å². The van der Waals surface area contributed by atoms with Gasteiger partial charge in [-0.25, -0.2) is 0 Å². The van der Waals surface area contributed by atoms with Crippen LogP contribution < -0.4 is 9.47 Å². The molecular weight excluding hydrogens is 492 g/mol. The van der Waals surface area contributed by atoms with E-state index in [1.165, 1.54) is 0 Å². The van der Waals surface area contributed by atoms with Gasteiger partial charge >= 0.3 is 0 Å². The maximum Gasteiger partial charge on any atom is 0.118 e. The number of nitrogens with zero attached hydrogens (tertiary/aromatic N) is 2. The molecule has 0 unspecified atom stereocenters. The van der Waals surface area contributed by atoms with Gasteiger partial charge < -0.3 is 9.47 Å². The number of hydrogen-bond donors (Lipinski definition) is 0. The summed E-state index contributed by atoms with van der Waals surface area (Å²) in [5.74, 6) is 1.64. The van der Waals surface area contributed by atoms with Crippen LogP contribution in [0.25, 0.3) is 32.7 Å². The molecule has 0 aliphatic rings. The van der Waals surface area contributed by atoms with Gasteiger partial charge in [0, 0.05) is 23.6 Å². The van der Waals surface area contributed by atoms with Crippen LogP contribution in [0.4, 0.5) is 11.4 Å². The van der Waals surface area contributed by atoms with E-state index in [-0.39, 0.29) is 0 Å². The number of methoxy groups -OCH3 is 2. The summed E-state index contributed by atoms with van der Waals surface area (Å²) in [6.07, 6.45) is 3.80. The summed E-state index contributed by atoms with van der Waals surface area (Å²) in [6, 6.07) is 41.1. The Balaban J connectivity index is 1.56. The first kappa shape index (κ1) is 25.1. The van der Waals surface area contributed by atoms with Crippen molar-refractivity contribution >= 4 is 45.3 Å². The second-order valence-corrected chi connectivity index (χ2v) is 9.42. The quantitative estimate of drug-likeness (QED) is 0.197. The van der Waals surface area contributed by atoms with Gasteiger partial charge in [0.1, 0.15) is 11.5 Å². The molecule has 40 heavy (non-hydrogen) atoms. The minimum absolute atomic E-state index is 0.818. The van der Waals surface area contributed by atoms with Crippen molar-refractivity contribution in [3.05, 3.63) is 132 Å². The minimum Gasteiger partial charge on any atom is -0.497 e. The van der Waals surface area contributed by atoms with Crippen LogP contribution in [0, 0.1) is 0 Å². The molecule has 6 aromatic rings. The average Bonchev–Trinajstić information content (AvgIpc) is 3.03. The molecule has 0 spiro atoms. The summed E-state index contributed by atoms with van der Waals surface area (Å²) in [5, 5.41) is 4.56. The van der Waals surface area contributed by atoms with E-state index in [4.69, 9.17) is 19.5 Å². The lowest BCUT2D eigenvalue weighted by Crippen LogP contribution is -1.89. The van der Waals surface area contributed by atoms with Crippen LogP contribution in [-0.2, 0) is 0 Å². The lowest BCUT2D eigenvalue weighted by Gasteiger charge is -2.16. The molecule has 6 aromatic carbocycles. The summed E-state index contributed by atoms with van der Waals surface area (Å²) < 4.78 is 10.6. The van der Waals surface area contributed by atoms with Crippen molar-refractivity contribution in [3.63, 3.8) is 0 Å². The first-order chi connectivity index (χ1) is 19.7. The van der Waals surface area contributed by atoms with Gasteiger partial charge in [-0.3, -0.25) is 9.98 Å². The molecule has 0 aliphatic heterocycles. The van der Waals surface area contributed by atoms with Gasteiger partial charge in [-0.05, 0) is 93.3 Å². The van der Waals surface area contributed by atoms with Crippen molar-refractivity contribution in [1.82, 2.24) is 0 Å². The molecule has 4 nitrogen and oxygen atoms in total. The Morgan fingerprint density at radius 1 is 0.450 bits per heavy atom. The third-order valence-corrected chi connectivity index (χ3v) is 7.00. The van der Waals surface area contributed by atoms with Gasteiger partial charge in [-0.1, -0.05) is 60.7 Å². The largest absolute Gasteiger partial charge is 0.497 e. The van der Waals surface area contributed by atoms with Crippen LogP contribution in [0.15, 0.2) is 131 Å². The van der Waals surface area contributed by atoms with Gasteiger partial charge in [0.15, 0.2) is 0 Å². The molecule has 0 bridgehead atoms. The fourth-order valence-electron chi connectivity index (χ4n) is 4.93. The Morgan fingerprint density at radius 2 is 0.850 bits per heavy atom. The summed E-state index contributed by atoms with van der Waals surface area (Å²) >= 11 is 0. The average molecular weight is 521 g/mol. The number of hydrogen-bond acceptors (Lipinski definition) is 4. The lowest BCUT2D eigenvalue weighted by molar-refractivity contribution is 0.414. The Morgan fingerprint density at radius 3 is 1.25 bits per heavy atom. The van der Waals surface area contributed by atoms with E-state index in [2.05, 4.69) is 72.8 Å². The third kappa shape index (κ3) is 5.07. The number of benzene rings is 6. The normalized spacial score (nSPS) is 11.6. The summed E-state index contributed by atoms with van der Waals surface area (Å²) in [6.45, 7) is 0. The highest BCUT2D eigenvalue weighted by molar-refractivity contribution is 6.13. The fraction of sp³-hybridized carbons (Fsp3) is 0.0556. The molecule has 0 radical (unpaired) electrons. The summed E-state index contributed by atoms with van der Waals surface area (Å²) in [7, 11) is 3.34. The van der Waals surface area contributed by atoms with Crippen LogP contribution in [0.5, 0.6) is 11.5 Å². The SMILES string of the molecule is COc1ccc(/C=N\c2ccc3ccccc3c2-c2c(/N=C/c3ccc(OC)cc3)ccc3ccccc23)cc1. The maximum absolute atomic E-state index is 5.31. The number of aliphatic imine (C=N–C) groups is 2. The number of ether oxygens (including phenoxy) is 2. The van der Waals surface area contributed by atoms with Gasteiger partial charge in [-0.2, -0.15) is 0 Å². The first-order valence-corrected chi connectivity index (χ1v) is 13.1. The fourth-order valence-corrected chi connectivity index (χ4v) is 4.93. The van der Waals surface area contributed by atoms with Crippen LogP contribution in [0.3, 0.4) is 0 Å². The molecular formula is C36H28N2O2. The maximum atomic E-state index is 5.31. The zero-order chi connectivity index (χ0) is 27.3. The van der Waals surface area contributed by atoms with Crippen molar-refractivity contribution in [2.75, 3.05) is 14.2 Å². The minimum atomic E-state index is 0.818. The monoisotopic (exact) mass is 520 g/mol. The van der Waals surface area contributed by atoms with Crippen molar-refractivity contribution in [3.8, 4) is 22.6 Å². The second kappa shape index (κ2) is 11.3. The van der Waals surface area contributed by atoms with E-state index in [0.717, 1.165) is 66.7 Å². The second-order valence-electron chi connectivity index (χ2n) is 9.42. The molecule has 0 aromatic heterocycles. The van der Waals surface area contributed by atoms with Crippen molar-refractivity contribution in [1.29, 1.82) is 0 Å². The van der Waals surface area contributed by atoms with Gasteiger partial charge in [-0.15, -0.1) is 0 Å². The highest BCUT2D eigenvalue weighted by Gasteiger charge is 2.16. The molecule has 0 saturated carbocycles. The standard InChI is InChI=1S/C36H28N2O2/c1-39-29-17-11-25(12-18-29)23-37-33-21-15-27-7-3-5-9-31(27)35(33)36-32-10-6-4-8-28(32)16-22-34(36)38-24-26-13-19-30(40-2)20-14-26/h3-24H,1-2H3/b37-23-,38-24+. The number of fused-ring (bicyclic) bond motifs is 2. The van der Waals surface area contributed by atoms with E-state index < -0.39 is 0 Å². The zero-order valence-corrected chi connectivity index (χ0v) is 22.4. The van der Waals surface area contributed by atoms with E-state index in [0.29, 0.717) is 0 Å². The molecule has 0 saturated heterocycles. The van der Waals surface area contributed by atoms with Crippen molar-refractivity contribution in [2.45, 2.75) is 0 Å². The predicted octanol–water partition coefficient (Wildman–Crippen LogP) is 9.18. The predicted molar refractivity (Wildman–Crippen MR) is 167 cm³/mol. The number of rotatable bonds is 7. The van der Waals surface area contributed by atoms with Crippen molar-refractivity contribution in [2.24, 2.45) is 9.98 Å². The Labute approximate surface area is 233 Å². The molecule has 0 heterocycles. The van der Waals surface area contributed by atoms with Crippen LogP contribution in [0.1, 0.15) is 11.1 Å². The van der Waals surface area contributed by atoms with Crippen LogP contribution >= 0.6 is 0 Å². The van der Waals surface area contributed by atoms with Crippen LogP contribution in [-0.4, -0.2) is 26.6 Å². The molecule has 0 N–H and O–H groups in total. The highest BCUT2D eigenvalue weighted by Crippen LogP contribution is 2.45.